The number of carbonyl (C=O) groups is 1. The molecule has 1 aliphatic heterocycles. The fraction of sp³-hybridized carbons (Fsp3) is 0.588. The average Bonchev–Trinajstić information content (AvgIpc) is 2.90. The van der Waals surface area contributed by atoms with Crippen LogP contribution in [0.4, 0.5) is 13.6 Å². The highest BCUT2D eigenvalue weighted by Crippen LogP contribution is 2.28. The normalized spacial score (nSPS) is 19.5. The second kappa shape index (κ2) is 7.35. The predicted molar refractivity (Wildman–Crippen MR) is 89.7 cm³/mol. The summed E-state index contributed by atoms with van der Waals surface area (Å²) < 4.78 is 32.7. The Morgan fingerprint density at radius 1 is 1.46 bits per heavy atom. The zero-order valence-electron chi connectivity index (χ0n) is 14.0. The fourth-order valence-electron chi connectivity index (χ4n) is 2.85. The molecule has 1 saturated heterocycles. The summed E-state index contributed by atoms with van der Waals surface area (Å²) in [7, 11) is 0. The Kier molecular flexibility index (Phi) is 5.86. The summed E-state index contributed by atoms with van der Waals surface area (Å²) in [5, 5.41) is 10.5. The molecule has 134 valence electrons. The van der Waals surface area contributed by atoms with E-state index in [9.17, 15) is 18.7 Å². The average molecular weight is 406 g/mol. The van der Waals surface area contributed by atoms with Gasteiger partial charge in [-0.25, -0.2) is 13.6 Å². The Morgan fingerprint density at radius 3 is 2.71 bits per heavy atom. The van der Waals surface area contributed by atoms with Crippen molar-refractivity contribution in [1.29, 1.82) is 0 Å². The molecule has 0 aromatic heterocycles. The van der Waals surface area contributed by atoms with Crippen LogP contribution in [0.1, 0.15) is 39.2 Å². The minimum absolute atomic E-state index is 0.0172. The zero-order valence-corrected chi connectivity index (χ0v) is 15.6. The standard InChI is InChI=1S/C17H22BrF2NO3/c1-17(2,3)24-16(23)21-6-4-5-14(21)15(22)9-11-12(18)7-10(19)8-13(11)20/h7-8,14-15,22H,4-6,9H2,1-3H3/t14-,15?/m0/s1. The van der Waals surface area contributed by atoms with Crippen molar-refractivity contribution < 1.29 is 23.4 Å². The molecule has 0 aliphatic carbocycles. The summed E-state index contributed by atoms with van der Waals surface area (Å²) in [4.78, 5) is 13.8. The predicted octanol–water partition coefficient (Wildman–Crippen LogP) is 4.03. The molecule has 1 fully saturated rings. The third-order valence-electron chi connectivity index (χ3n) is 3.89. The van der Waals surface area contributed by atoms with E-state index in [1.807, 2.05) is 0 Å². The van der Waals surface area contributed by atoms with Crippen molar-refractivity contribution in [2.75, 3.05) is 6.54 Å². The van der Waals surface area contributed by atoms with Crippen LogP contribution in [0.2, 0.25) is 0 Å². The second-order valence-corrected chi connectivity index (χ2v) is 7.86. The van der Waals surface area contributed by atoms with Crippen LogP contribution in [0, 0.1) is 11.6 Å². The number of amides is 1. The number of ether oxygens (including phenoxy) is 1. The summed E-state index contributed by atoms with van der Waals surface area (Å²) >= 11 is 3.12. The highest BCUT2D eigenvalue weighted by Gasteiger charge is 2.36. The highest BCUT2D eigenvalue weighted by molar-refractivity contribution is 9.10. The lowest BCUT2D eigenvalue weighted by Crippen LogP contribution is -2.45. The van der Waals surface area contributed by atoms with Gasteiger partial charge in [0.05, 0.1) is 12.1 Å². The summed E-state index contributed by atoms with van der Waals surface area (Å²) in [6.07, 6.45) is -0.107. The van der Waals surface area contributed by atoms with Crippen molar-refractivity contribution in [2.24, 2.45) is 0 Å². The van der Waals surface area contributed by atoms with Crippen LogP contribution in [0.5, 0.6) is 0 Å². The maximum atomic E-state index is 14.0. The summed E-state index contributed by atoms with van der Waals surface area (Å²) in [6, 6.07) is 1.50. The van der Waals surface area contributed by atoms with Gasteiger partial charge in [-0.15, -0.1) is 0 Å². The summed E-state index contributed by atoms with van der Waals surface area (Å²) in [6.45, 7) is 5.82. The van der Waals surface area contributed by atoms with E-state index >= 15 is 0 Å². The van der Waals surface area contributed by atoms with E-state index in [4.69, 9.17) is 4.74 Å². The Hall–Kier alpha value is -1.21. The number of nitrogens with zero attached hydrogens (tertiary/aromatic N) is 1. The largest absolute Gasteiger partial charge is 0.444 e. The van der Waals surface area contributed by atoms with Crippen LogP contribution in [0.3, 0.4) is 0 Å². The first kappa shape index (κ1) is 19.1. The van der Waals surface area contributed by atoms with Crippen molar-refractivity contribution in [1.82, 2.24) is 4.90 Å². The minimum atomic E-state index is -0.962. The second-order valence-electron chi connectivity index (χ2n) is 7.00. The van der Waals surface area contributed by atoms with Gasteiger partial charge < -0.3 is 14.7 Å². The molecule has 2 rings (SSSR count). The van der Waals surface area contributed by atoms with E-state index in [1.165, 1.54) is 4.90 Å². The first-order valence-electron chi connectivity index (χ1n) is 7.89. The number of benzene rings is 1. The monoisotopic (exact) mass is 405 g/mol. The molecule has 0 bridgehead atoms. The number of rotatable bonds is 3. The smallest absolute Gasteiger partial charge is 0.410 e. The van der Waals surface area contributed by atoms with Crippen LogP contribution in [-0.2, 0) is 11.2 Å². The van der Waals surface area contributed by atoms with Crippen LogP contribution in [0.15, 0.2) is 16.6 Å². The van der Waals surface area contributed by atoms with Crippen LogP contribution < -0.4 is 0 Å². The van der Waals surface area contributed by atoms with Crippen LogP contribution in [0.25, 0.3) is 0 Å². The van der Waals surface area contributed by atoms with Crippen molar-refractivity contribution in [3.05, 3.63) is 33.8 Å². The van der Waals surface area contributed by atoms with Crippen LogP contribution in [-0.4, -0.2) is 40.4 Å². The molecule has 1 N–H and O–H groups in total. The Bertz CT molecular complexity index is 595. The van der Waals surface area contributed by atoms with Crippen LogP contribution >= 0.6 is 15.9 Å². The molecule has 2 atom stereocenters. The number of aliphatic hydroxyl groups excluding tert-OH is 1. The van der Waals surface area contributed by atoms with Gasteiger partial charge in [0.25, 0.3) is 0 Å². The first-order valence-corrected chi connectivity index (χ1v) is 8.69. The number of aliphatic hydroxyl groups is 1. The zero-order chi connectivity index (χ0) is 18.1. The Labute approximate surface area is 148 Å². The number of likely N-dealkylation sites (tertiary alicyclic amines) is 1. The molecule has 0 spiro atoms. The van der Waals surface area contributed by atoms with E-state index in [-0.39, 0.29) is 16.5 Å². The molecule has 24 heavy (non-hydrogen) atoms. The van der Waals surface area contributed by atoms with Gasteiger partial charge in [0.15, 0.2) is 0 Å². The highest BCUT2D eigenvalue weighted by atomic mass is 79.9. The maximum absolute atomic E-state index is 14.0. The third-order valence-corrected chi connectivity index (χ3v) is 4.60. The van der Waals surface area contributed by atoms with E-state index in [1.54, 1.807) is 20.8 Å². The Morgan fingerprint density at radius 2 is 2.12 bits per heavy atom. The van der Waals surface area contributed by atoms with E-state index in [2.05, 4.69) is 15.9 Å². The van der Waals surface area contributed by atoms with Gasteiger partial charge in [0.1, 0.15) is 17.2 Å². The minimum Gasteiger partial charge on any atom is -0.444 e. The van der Waals surface area contributed by atoms with Gasteiger partial charge in [-0.3, -0.25) is 0 Å². The molecule has 7 heteroatoms. The van der Waals surface area contributed by atoms with Crippen molar-refractivity contribution >= 4 is 22.0 Å². The lowest BCUT2D eigenvalue weighted by Gasteiger charge is -2.31. The number of hydrogen-bond donors (Lipinski definition) is 1. The summed E-state index contributed by atoms with van der Waals surface area (Å²) in [5.74, 6) is -1.41. The number of halogens is 3. The first-order chi connectivity index (χ1) is 11.1. The molecule has 1 heterocycles. The van der Waals surface area contributed by atoms with Crippen molar-refractivity contribution in [2.45, 2.75) is 57.8 Å². The van der Waals surface area contributed by atoms with Crippen molar-refractivity contribution in [3.63, 3.8) is 0 Å². The van der Waals surface area contributed by atoms with E-state index in [0.717, 1.165) is 18.6 Å². The van der Waals surface area contributed by atoms with E-state index < -0.39 is 35.5 Å². The van der Waals surface area contributed by atoms with Gasteiger partial charge in [-0.05, 0) is 39.7 Å². The summed E-state index contributed by atoms with van der Waals surface area (Å²) in [5.41, 5.74) is -0.429. The molecule has 0 saturated carbocycles. The molecule has 4 nitrogen and oxygen atoms in total. The van der Waals surface area contributed by atoms with Gasteiger partial charge >= 0.3 is 6.09 Å². The van der Waals surface area contributed by atoms with Gasteiger partial charge in [-0.2, -0.15) is 0 Å². The fourth-order valence-corrected chi connectivity index (χ4v) is 3.42. The lowest BCUT2D eigenvalue weighted by molar-refractivity contribution is 0.00523. The molecular weight excluding hydrogens is 384 g/mol. The maximum Gasteiger partial charge on any atom is 0.410 e. The van der Waals surface area contributed by atoms with Crippen molar-refractivity contribution in [3.8, 4) is 0 Å². The third kappa shape index (κ3) is 4.66. The molecular formula is C17H22BrF2NO3. The molecule has 1 aromatic carbocycles. The SMILES string of the molecule is CC(C)(C)OC(=O)N1CCC[C@H]1C(O)Cc1c(F)cc(F)cc1Br. The quantitative estimate of drug-likeness (QED) is 0.825. The van der Waals surface area contributed by atoms with Gasteiger partial charge in [0.2, 0.25) is 0 Å². The Balaban J connectivity index is 2.11. The molecule has 0 radical (unpaired) electrons. The molecule has 1 aliphatic rings. The number of hydrogen-bond acceptors (Lipinski definition) is 3. The lowest BCUT2D eigenvalue weighted by atomic mass is 10.00. The number of carbonyl (C=O) groups excluding carboxylic acids is 1. The topological polar surface area (TPSA) is 49.8 Å². The molecule has 1 unspecified atom stereocenters. The van der Waals surface area contributed by atoms with Gasteiger partial charge in [-0.1, -0.05) is 15.9 Å². The molecule has 1 amide bonds. The molecule has 1 aromatic rings. The van der Waals surface area contributed by atoms with E-state index in [0.29, 0.717) is 13.0 Å². The van der Waals surface area contributed by atoms with Gasteiger partial charge in [0, 0.05) is 29.1 Å².